The third-order valence-corrected chi connectivity index (χ3v) is 6.59. The molecule has 6 nitrogen and oxygen atoms in total. The van der Waals surface area contributed by atoms with Gasteiger partial charge in [0.2, 0.25) is 5.91 Å². The predicted molar refractivity (Wildman–Crippen MR) is 126 cm³/mol. The van der Waals surface area contributed by atoms with E-state index in [-0.39, 0.29) is 11.5 Å². The van der Waals surface area contributed by atoms with E-state index in [0.29, 0.717) is 24.3 Å². The molecule has 2 aromatic carbocycles. The molecule has 1 amide bonds. The van der Waals surface area contributed by atoms with Gasteiger partial charge in [-0.1, -0.05) is 24.3 Å². The number of piperidine rings is 1. The van der Waals surface area contributed by atoms with Gasteiger partial charge in [-0.3, -0.25) is 14.2 Å². The fraction of sp³-hybridized carbons (Fsp3) is 0.423. The van der Waals surface area contributed by atoms with Gasteiger partial charge in [-0.2, -0.15) is 0 Å². The minimum absolute atomic E-state index is 0.0799. The zero-order valence-electron chi connectivity index (χ0n) is 18.9. The quantitative estimate of drug-likeness (QED) is 0.565. The number of aryl methyl sites for hydroxylation is 3. The minimum atomic E-state index is -0.0799. The molecule has 168 valence electrons. The molecule has 0 radical (unpaired) electrons. The number of rotatable bonds is 7. The highest BCUT2D eigenvalue weighted by Gasteiger charge is 2.22. The zero-order chi connectivity index (χ0) is 22.5. The number of hydrogen-bond donors (Lipinski definition) is 0. The first-order valence-corrected chi connectivity index (χ1v) is 11.4. The Balaban J connectivity index is 1.25. The van der Waals surface area contributed by atoms with E-state index in [0.717, 1.165) is 55.6 Å². The van der Waals surface area contributed by atoms with E-state index in [1.807, 2.05) is 36.1 Å². The molecule has 0 N–H and O–H groups in total. The summed E-state index contributed by atoms with van der Waals surface area (Å²) in [5, 5.41) is 0.609. The van der Waals surface area contributed by atoms with Crippen LogP contribution in [0.1, 0.15) is 36.8 Å². The van der Waals surface area contributed by atoms with Crippen molar-refractivity contribution in [1.82, 2.24) is 14.5 Å². The molecule has 4 rings (SSSR count). The van der Waals surface area contributed by atoms with Crippen LogP contribution in [0.2, 0.25) is 0 Å². The van der Waals surface area contributed by atoms with Crippen LogP contribution in [0.3, 0.4) is 0 Å². The van der Waals surface area contributed by atoms with Crippen LogP contribution in [0.5, 0.6) is 5.75 Å². The summed E-state index contributed by atoms with van der Waals surface area (Å²) < 4.78 is 6.77. The Morgan fingerprint density at radius 2 is 1.88 bits per heavy atom. The molecule has 0 aliphatic carbocycles. The molecule has 0 bridgehead atoms. The van der Waals surface area contributed by atoms with Crippen molar-refractivity contribution in [3.8, 4) is 5.75 Å². The maximum Gasteiger partial charge on any atom is 0.261 e. The van der Waals surface area contributed by atoms with Crippen molar-refractivity contribution in [2.45, 2.75) is 45.6 Å². The molecular weight excluding hydrogens is 402 g/mol. The van der Waals surface area contributed by atoms with Crippen LogP contribution in [0.15, 0.2) is 53.6 Å². The average molecular weight is 434 g/mol. The standard InChI is InChI=1S/C26H31N3O3/c1-19-4-3-5-23-25(19)27-18-29(26(23)31)17-14-24(30)28-15-12-21(13-16-28)7-6-20-8-10-22(32-2)11-9-20/h3-5,8-11,18,21H,6-7,12-17H2,1-2H3. The van der Waals surface area contributed by atoms with Gasteiger partial charge >= 0.3 is 0 Å². The third-order valence-electron chi connectivity index (χ3n) is 6.59. The molecule has 1 aliphatic heterocycles. The number of likely N-dealkylation sites (tertiary alicyclic amines) is 1. The summed E-state index contributed by atoms with van der Waals surface area (Å²) in [4.78, 5) is 31.8. The van der Waals surface area contributed by atoms with E-state index < -0.39 is 0 Å². The number of fused-ring (bicyclic) bond motifs is 1. The summed E-state index contributed by atoms with van der Waals surface area (Å²) in [5.74, 6) is 1.66. The first-order valence-electron chi connectivity index (χ1n) is 11.4. The van der Waals surface area contributed by atoms with Gasteiger partial charge in [-0.05, 0) is 67.9 Å². The van der Waals surface area contributed by atoms with Crippen LogP contribution < -0.4 is 10.3 Å². The van der Waals surface area contributed by atoms with Crippen LogP contribution in [-0.4, -0.2) is 40.6 Å². The first kappa shape index (κ1) is 22.1. The van der Waals surface area contributed by atoms with E-state index in [9.17, 15) is 9.59 Å². The second-order valence-electron chi connectivity index (χ2n) is 8.68. The normalized spacial score (nSPS) is 14.6. The number of aromatic nitrogens is 2. The van der Waals surface area contributed by atoms with E-state index >= 15 is 0 Å². The van der Waals surface area contributed by atoms with Crippen molar-refractivity contribution in [3.63, 3.8) is 0 Å². The van der Waals surface area contributed by atoms with Crippen LogP contribution in [0.4, 0.5) is 0 Å². The lowest BCUT2D eigenvalue weighted by Gasteiger charge is -2.32. The molecule has 32 heavy (non-hydrogen) atoms. The number of amides is 1. The summed E-state index contributed by atoms with van der Waals surface area (Å²) in [6.45, 7) is 3.92. The van der Waals surface area contributed by atoms with Gasteiger partial charge in [0.1, 0.15) is 5.75 Å². The Morgan fingerprint density at radius 3 is 2.59 bits per heavy atom. The van der Waals surface area contributed by atoms with Crippen molar-refractivity contribution < 1.29 is 9.53 Å². The number of hydrogen-bond acceptors (Lipinski definition) is 4. The molecule has 3 aromatic rings. The number of carbonyl (C=O) groups excluding carboxylic acids is 1. The number of methoxy groups -OCH3 is 1. The molecule has 6 heteroatoms. The summed E-state index contributed by atoms with van der Waals surface area (Å²) in [7, 11) is 1.68. The van der Waals surface area contributed by atoms with E-state index in [1.54, 1.807) is 24.1 Å². The van der Waals surface area contributed by atoms with Gasteiger partial charge in [0.25, 0.3) is 5.56 Å². The van der Waals surface area contributed by atoms with Gasteiger partial charge in [0.15, 0.2) is 0 Å². The van der Waals surface area contributed by atoms with Crippen LogP contribution in [-0.2, 0) is 17.8 Å². The molecule has 1 aliphatic rings. The Morgan fingerprint density at radius 1 is 1.12 bits per heavy atom. The SMILES string of the molecule is COc1ccc(CCC2CCN(C(=O)CCn3cnc4c(C)cccc4c3=O)CC2)cc1. The van der Waals surface area contributed by atoms with Crippen molar-refractivity contribution in [2.24, 2.45) is 5.92 Å². The monoisotopic (exact) mass is 433 g/mol. The summed E-state index contributed by atoms with van der Waals surface area (Å²) in [6.07, 6.45) is 6.18. The molecule has 0 spiro atoms. The first-order chi connectivity index (χ1) is 15.5. The van der Waals surface area contributed by atoms with Crippen molar-refractivity contribution in [3.05, 3.63) is 70.3 Å². The zero-order valence-corrected chi connectivity index (χ0v) is 18.9. The maximum absolute atomic E-state index is 12.7. The highest BCUT2D eigenvalue weighted by atomic mass is 16.5. The topological polar surface area (TPSA) is 64.4 Å². The lowest BCUT2D eigenvalue weighted by molar-refractivity contribution is -0.132. The van der Waals surface area contributed by atoms with Crippen molar-refractivity contribution in [1.29, 1.82) is 0 Å². The number of ether oxygens (including phenoxy) is 1. The summed E-state index contributed by atoms with van der Waals surface area (Å²) in [5.41, 5.74) is 2.96. The smallest absolute Gasteiger partial charge is 0.261 e. The second-order valence-corrected chi connectivity index (χ2v) is 8.68. The largest absolute Gasteiger partial charge is 0.497 e. The highest BCUT2D eigenvalue weighted by molar-refractivity contribution is 5.80. The van der Waals surface area contributed by atoms with Crippen molar-refractivity contribution in [2.75, 3.05) is 20.2 Å². The highest BCUT2D eigenvalue weighted by Crippen LogP contribution is 2.23. The predicted octanol–water partition coefficient (Wildman–Crippen LogP) is 3.98. The minimum Gasteiger partial charge on any atom is -0.497 e. The summed E-state index contributed by atoms with van der Waals surface area (Å²) in [6, 6.07) is 13.9. The number of para-hydroxylation sites is 1. The Kier molecular flexibility index (Phi) is 6.88. The van der Waals surface area contributed by atoms with Gasteiger partial charge in [-0.25, -0.2) is 4.98 Å². The number of benzene rings is 2. The molecule has 0 atom stereocenters. The Hall–Kier alpha value is -3.15. The average Bonchev–Trinajstić information content (AvgIpc) is 2.83. The molecular formula is C26H31N3O3. The van der Waals surface area contributed by atoms with Crippen LogP contribution >= 0.6 is 0 Å². The van der Waals surface area contributed by atoms with E-state index in [2.05, 4.69) is 17.1 Å². The van der Waals surface area contributed by atoms with Crippen LogP contribution in [0, 0.1) is 12.8 Å². The Bertz CT molecular complexity index is 1130. The van der Waals surface area contributed by atoms with Gasteiger partial charge < -0.3 is 9.64 Å². The maximum atomic E-state index is 12.7. The van der Waals surface area contributed by atoms with E-state index in [4.69, 9.17) is 4.74 Å². The van der Waals surface area contributed by atoms with E-state index in [1.165, 1.54) is 5.56 Å². The molecule has 0 saturated carbocycles. The third kappa shape index (κ3) is 5.01. The lowest BCUT2D eigenvalue weighted by atomic mass is 9.90. The molecule has 2 heterocycles. The molecule has 1 aromatic heterocycles. The number of carbonyl (C=O) groups is 1. The van der Waals surface area contributed by atoms with Gasteiger partial charge in [0.05, 0.1) is 24.3 Å². The van der Waals surface area contributed by atoms with Crippen LogP contribution in [0.25, 0.3) is 10.9 Å². The fourth-order valence-corrected chi connectivity index (χ4v) is 4.51. The van der Waals surface area contributed by atoms with Gasteiger partial charge in [0, 0.05) is 26.1 Å². The number of nitrogens with zero attached hydrogens (tertiary/aromatic N) is 3. The summed E-state index contributed by atoms with van der Waals surface area (Å²) >= 11 is 0. The van der Waals surface area contributed by atoms with Gasteiger partial charge in [-0.15, -0.1) is 0 Å². The molecule has 1 saturated heterocycles. The lowest BCUT2D eigenvalue weighted by Crippen LogP contribution is -2.39. The Labute approximate surface area is 188 Å². The van der Waals surface area contributed by atoms with Crippen molar-refractivity contribution >= 4 is 16.8 Å². The second kappa shape index (κ2) is 9.98. The molecule has 0 unspecified atom stereocenters. The fourth-order valence-electron chi connectivity index (χ4n) is 4.51. The molecule has 1 fully saturated rings.